The highest BCUT2D eigenvalue weighted by atomic mass is 19.4. The number of rotatable bonds is 23. The second-order valence-electron chi connectivity index (χ2n) is 35.6. The van der Waals surface area contributed by atoms with Gasteiger partial charge < -0.3 is 46.0 Å². The van der Waals surface area contributed by atoms with Crippen molar-refractivity contribution in [3.8, 4) is 5.75 Å². The van der Waals surface area contributed by atoms with Crippen LogP contribution >= 0.6 is 0 Å². The number of amides is 9. The lowest BCUT2D eigenvalue weighted by Gasteiger charge is -2.53. The molecule has 630 valence electrons. The molecule has 3 saturated heterocycles. The van der Waals surface area contributed by atoms with Gasteiger partial charge in [-0.05, 0) is 246 Å². The van der Waals surface area contributed by atoms with Gasteiger partial charge in [0.15, 0.2) is 6.23 Å². The molecule has 8 N–H and O–H groups in total. The molecule has 9 amide bonds. The van der Waals surface area contributed by atoms with Crippen molar-refractivity contribution in [1.29, 1.82) is 0 Å². The average molecular weight is 1650 g/mol. The number of aliphatic hydroxyl groups is 2. The molecule has 17 rings (SSSR count). The van der Waals surface area contributed by atoms with E-state index in [1.165, 1.54) is 44.9 Å². The number of carbonyl (C=O) groups excluding carboxylic acids is 9. The first kappa shape index (κ1) is 81.3. The topological polar surface area (TPSA) is 350 Å². The number of methoxy groups -OCH3 is 1. The van der Waals surface area contributed by atoms with Gasteiger partial charge in [-0.1, -0.05) is 18.2 Å². The van der Waals surface area contributed by atoms with E-state index >= 15 is 4.39 Å². The number of ether oxygens (including phenoxy) is 1. The maximum absolute atomic E-state index is 16.3. The number of benzene rings is 4. The van der Waals surface area contributed by atoms with Gasteiger partial charge in [0.2, 0.25) is 23.6 Å². The number of piperidine rings is 3. The second-order valence-corrected chi connectivity index (χ2v) is 35.6. The second kappa shape index (κ2) is 31.5. The van der Waals surface area contributed by atoms with E-state index in [2.05, 4.69) is 58.7 Å². The van der Waals surface area contributed by atoms with Gasteiger partial charge in [0.1, 0.15) is 40.6 Å². The summed E-state index contributed by atoms with van der Waals surface area (Å²) in [5, 5.41) is 52.9. The standard InChI is InChI=1S/C88H98F4N16O12/c1-84(2,89)71-35-49(34-66(96-71)77(112)98-65-37-51-47-106(102-63(51)39-69(65)120-5)55-18-16-48(17-19-55)45-104-32-28-87(29-33-104)43-53(44-87)94-60-13-7-11-57-75(60)83(118)108(81(57)116)68-21-23-73(110)100-79(68)114)40-85(3,119)58-38-62-50(36-64(58)97-76(111)61-14-8-15-70(95-61)88(90,91)92)46-105(101-62)31-9-30-103(4)54-24-26-86(27-25-54)41-52(42-86)93-59-12-6-10-56-74(59)82(117)107(80(56)115)67-20-22-72(109)99-78(67)113/h6-8,10-15,34-39,46-48,52-55,67-68,82,93-94,117,119H,9,16-33,40-45H2,1-5H3,(H,97,111)(H,98,112)(H,99,109,113)(H,100,110,114)/t48-,52?,54?,55-,67?,68?,82?,85?,86?. The van der Waals surface area contributed by atoms with E-state index in [1.54, 1.807) is 59.4 Å². The van der Waals surface area contributed by atoms with E-state index in [0.29, 0.717) is 75.3 Å². The maximum atomic E-state index is 16.3. The van der Waals surface area contributed by atoms with Crippen molar-refractivity contribution >= 4 is 97.7 Å². The number of imide groups is 3. The molecule has 5 aliphatic heterocycles. The molecular formula is C88H98F4N16O12. The highest BCUT2D eigenvalue weighted by molar-refractivity contribution is 6.25. The Kier molecular flexibility index (Phi) is 21.3. The van der Waals surface area contributed by atoms with Crippen LogP contribution in [0.4, 0.5) is 40.3 Å². The van der Waals surface area contributed by atoms with Crippen LogP contribution in [0, 0.1) is 16.7 Å². The van der Waals surface area contributed by atoms with Crippen molar-refractivity contribution in [2.24, 2.45) is 16.7 Å². The number of alkyl halides is 4. The number of aryl methyl sites for hydroxylation is 1. The SMILES string of the molecule is COc1cc2nn([C@H]3CC[C@H](CN4CCC5(CC4)CC(Nc4cccc6c4C(=O)N(C4CCC(=O)NC4=O)C6=O)C5)CC3)cc2cc1NC(=O)c1cc(CC(C)(O)c2cc3nn(CCCN(C)C4CCC5(CC4)CC(Nc4cccc6c4C(O)N(C4CCC(=O)NC4=O)C6=O)C5)cc3cc2NC(=O)c2cccc(C(F)(F)F)n2)cc(C(C)(C)F)n1. The van der Waals surface area contributed by atoms with E-state index in [-0.39, 0.29) is 100 Å². The molecule has 120 heavy (non-hydrogen) atoms. The van der Waals surface area contributed by atoms with Gasteiger partial charge in [-0.3, -0.25) is 72.9 Å². The van der Waals surface area contributed by atoms with Crippen LogP contribution in [0.2, 0.25) is 0 Å². The van der Waals surface area contributed by atoms with Crippen LogP contribution in [0.1, 0.15) is 235 Å². The number of anilines is 4. The van der Waals surface area contributed by atoms with Crippen LogP contribution in [0.25, 0.3) is 21.8 Å². The van der Waals surface area contributed by atoms with Crippen LogP contribution in [-0.4, -0.2) is 183 Å². The third-order valence-corrected chi connectivity index (χ3v) is 26.9. The Morgan fingerprint density at radius 3 is 1.93 bits per heavy atom. The molecule has 32 heteroatoms. The van der Waals surface area contributed by atoms with Crippen molar-refractivity contribution in [3.63, 3.8) is 0 Å². The monoisotopic (exact) mass is 1650 g/mol. The molecule has 28 nitrogen and oxygen atoms in total. The molecule has 4 aromatic heterocycles. The number of hydrogen-bond acceptors (Lipinski definition) is 20. The van der Waals surface area contributed by atoms with Gasteiger partial charge >= 0.3 is 6.18 Å². The molecule has 9 aliphatic rings. The minimum atomic E-state index is -4.85. The molecule has 2 spiro atoms. The van der Waals surface area contributed by atoms with Crippen LogP contribution in [0.15, 0.2) is 103 Å². The summed E-state index contributed by atoms with van der Waals surface area (Å²) < 4.78 is 67.8. The van der Waals surface area contributed by atoms with Gasteiger partial charge in [0.25, 0.3) is 29.5 Å². The fourth-order valence-corrected chi connectivity index (χ4v) is 20.4. The van der Waals surface area contributed by atoms with Gasteiger partial charge in [0, 0.05) is 113 Å². The Labute approximate surface area is 689 Å². The first-order valence-electron chi connectivity index (χ1n) is 41.7. The highest BCUT2D eigenvalue weighted by Gasteiger charge is 2.52. The minimum Gasteiger partial charge on any atom is -0.494 e. The zero-order chi connectivity index (χ0) is 84.2. The largest absolute Gasteiger partial charge is 0.494 e. The number of nitrogens with one attached hydrogen (secondary N) is 6. The quantitative estimate of drug-likeness (QED) is 0.0218. The van der Waals surface area contributed by atoms with E-state index in [9.17, 15) is 66.5 Å². The van der Waals surface area contributed by atoms with Crippen molar-refractivity contribution in [1.82, 2.24) is 59.8 Å². The number of aromatic nitrogens is 6. The van der Waals surface area contributed by atoms with E-state index in [1.807, 2.05) is 23.0 Å². The molecule has 9 heterocycles. The van der Waals surface area contributed by atoms with Crippen LogP contribution in [0.5, 0.6) is 5.75 Å². The van der Waals surface area contributed by atoms with E-state index < -0.39 is 100 Å². The van der Waals surface area contributed by atoms with E-state index in [4.69, 9.17) is 14.9 Å². The molecule has 0 radical (unpaired) electrons. The summed E-state index contributed by atoms with van der Waals surface area (Å²) in [5.74, 6) is -4.43. The lowest BCUT2D eigenvalue weighted by Crippen LogP contribution is -2.54. The predicted molar refractivity (Wildman–Crippen MR) is 434 cm³/mol. The number of aliphatic hydroxyl groups excluding tert-OH is 1. The Hall–Kier alpha value is -11.1. The summed E-state index contributed by atoms with van der Waals surface area (Å²) in [6.45, 7) is 8.29. The van der Waals surface area contributed by atoms with Crippen molar-refractivity contribution in [2.75, 3.05) is 61.6 Å². The molecule has 0 bridgehead atoms. The van der Waals surface area contributed by atoms with Gasteiger partial charge in [-0.2, -0.15) is 23.4 Å². The minimum absolute atomic E-state index is 0.0393. The molecule has 4 aromatic carbocycles. The number of carbonyl (C=O) groups is 9. The van der Waals surface area contributed by atoms with Gasteiger partial charge in [-0.15, -0.1) is 0 Å². The van der Waals surface area contributed by atoms with Crippen LogP contribution in [0.3, 0.4) is 0 Å². The van der Waals surface area contributed by atoms with Crippen molar-refractivity contribution < 1.29 is 75.7 Å². The molecule has 8 aromatic rings. The molecule has 4 saturated carbocycles. The fraction of sp³-hybridized carbons (Fsp3) is 0.489. The zero-order valence-corrected chi connectivity index (χ0v) is 67.6. The summed E-state index contributed by atoms with van der Waals surface area (Å²) in [4.78, 5) is 134. The third-order valence-electron chi connectivity index (χ3n) is 26.9. The summed E-state index contributed by atoms with van der Waals surface area (Å²) >= 11 is 0. The third kappa shape index (κ3) is 16.0. The molecule has 7 fully saturated rings. The number of likely N-dealkylation sites (tertiary alicyclic amines) is 1. The van der Waals surface area contributed by atoms with Gasteiger partial charge in [-0.25, -0.2) is 14.4 Å². The lowest BCUT2D eigenvalue weighted by atomic mass is 9.57. The van der Waals surface area contributed by atoms with E-state index in [0.717, 1.165) is 145 Å². The summed E-state index contributed by atoms with van der Waals surface area (Å²) in [7, 11) is 3.59. The summed E-state index contributed by atoms with van der Waals surface area (Å²) in [6.07, 6.45) is 12.2. The predicted octanol–water partition coefficient (Wildman–Crippen LogP) is 11.6. The Balaban J connectivity index is 0.514. The maximum Gasteiger partial charge on any atom is 0.433 e. The molecular weight excluding hydrogens is 1550 g/mol. The van der Waals surface area contributed by atoms with Crippen molar-refractivity contribution in [2.45, 2.75) is 216 Å². The first-order chi connectivity index (χ1) is 57.2. The number of pyridine rings is 2. The average Bonchev–Trinajstić information content (AvgIpc) is 1.56. The molecule has 4 atom stereocenters. The van der Waals surface area contributed by atoms with Crippen LogP contribution in [-0.2, 0) is 49.6 Å². The lowest BCUT2D eigenvalue weighted by molar-refractivity contribution is -0.141. The number of halogens is 4. The van der Waals surface area contributed by atoms with Crippen LogP contribution < -0.4 is 36.6 Å². The number of nitrogens with zero attached hydrogens (tertiary/aromatic N) is 10. The highest BCUT2D eigenvalue weighted by Crippen LogP contribution is 2.55. The summed E-state index contributed by atoms with van der Waals surface area (Å²) in [6, 6.07) is 21.8. The zero-order valence-electron chi connectivity index (χ0n) is 67.6. The fourth-order valence-electron chi connectivity index (χ4n) is 20.4. The Bertz CT molecular complexity index is 5470. The Morgan fingerprint density at radius 2 is 1.25 bits per heavy atom. The molecule has 4 unspecified atom stereocenters. The normalized spacial score (nSPS) is 24.5. The Morgan fingerprint density at radius 1 is 0.642 bits per heavy atom. The smallest absolute Gasteiger partial charge is 0.433 e. The first-order valence-corrected chi connectivity index (χ1v) is 41.7. The number of fused-ring (bicyclic) bond motifs is 4. The number of hydrogen-bond donors (Lipinski definition) is 8. The van der Waals surface area contributed by atoms with Gasteiger partial charge in [0.05, 0.1) is 52.3 Å². The molecule has 4 aliphatic carbocycles. The van der Waals surface area contributed by atoms with Crippen molar-refractivity contribution in [3.05, 3.63) is 160 Å². The summed E-state index contributed by atoms with van der Waals surface area (Å²) in [5.41, 5.74) is -1.42.